The molecule has 2 rings (SSSR count). The molecule has 0 radical (unpaired) electrons. The van der Waals surface area contributed by atoms with Crippen LogP contribution < -0.4 is 5.32 Å². The first-order valence-corrected chi connectivity index (χ1v) is 7.09. The highest BCUT2D eigenvalue weighted by atomic mass is 32.2. The number of anilines is 1. The number of nitrogens with zero attached hydrogens (tertiary/aromatic N) is 2. The lowest BCUT2D eigenvalue weighted by Gasteiger charge is -2.08. The first kappa shape index (κ1) is 13.8. The highest BCUT2D eigenvalue weighted by molar-refractivity contribution is 7.99. The third-order valence-electron chi connectivity index (χ3n) is 2.68. The molecule has 0 unspecified atom stereocenters. The number of benzene rings is 1. The minimum atomic E-state index is -0.399. The Labute approximate surface area is 116 Å². The van der Waals surface area contributed by atoms with Gasteiger partial charge in [-0.3, -0.25) is 0 Å². The van der Waals surface area contributed by atoms with Gasteiger partial charge in [0.05, 0.1) is 5.69 Å². The molecule has 0 aliphatic rings. The molecule has 0 aliphatic heterocycles. The largest absolute Gasteiger partial charge is 0.371 e. The van der Waals surface area contributed by atoms with Crippen LogP contribution in [-0.2, 0) is 0 Å². The fourth-order valence-electron chi connectivity index (χ4n) is 1.72. The van der Waals surface area contributed by atoms with Crippen molar-refractivity contribution in [3.63, 3.8) is 0 Å². The maximum atomic E-state index is 13.7. The lowest BCUT2D eigenvalue weighted by molar-refractivity contribution is 0.607. The molecule has 19 heavy (non-hydrogen) atoms. The van der Waals surface area contributed by atoms with Gasteiger partial charge in [0.25, 0.3) is 0 Å². The van der Waals surface area contributed by atoms with Gasteiger partial charge in [0.1, 0.15) is 0 Å². The van der Waals surface area contributed by atoms with Crippen molar-refractivity contribution in [3.05, 3.63) is 35.8 Å². The van der Waals surface area contributed by atoms with Crippen molar-refractivity contribution < 1.29 is 4.39 Å². The summed E-state index contributed by atoms with van der Waals surface area (Å²) < 4.78 is 13.7. The topological polar surface area (TPSA) is 37.8 Å². The zero-order chi connectivity index (χ0) is 13.8. The van der Waals surface area contributed by atoms with Crippen LogP contribution in [0.25, 0.3) is 11.4 Å². The van der Waals surface area contributed by atoms with Crippen LogP contribution in [0, 0.1) is 12.7 Å². The van der Waals surface area contributed by atoms with Crippen molar-refractivity contribution in [1.29, 1.82) is 0 Å². The third-order valence-corrected chi connectivity index (χ3v) is 3.57. The second kappa shape index (κ2) is 6.02. The van der Waals surface area contributed by atoms with Crippen LogP contribution in [0.15, 0.2) is 29.2 Å². The van der Waals surface area contributed by atoms with Gasteiger partial charge in [-0.15, -0.1) is 11.8 Å². The van der Waals surface area contributed by atoms with Crippen LogP contribution in [0.1, 0.15) is 12.6 Å². The number of thioether (sulfide) groups is 1. The van der Waals surface area contributed by atoms with Crippen LogP contribution in [0.2, 0.25) is 0 Å². The van der Waals surface area contributed by atoms with Crippen molar-refractivity contribution in [2.45, 2.75) is 18.7 Å². The van der Waals surface area contributed by atoms with Gasteiger partial charge >= 0.3 is 0 Å². The van der Waals surface area contributed by atoms with Gasteiger partial charge in [-0.1, -0.05) is 19.1 Å². The summed E-state index contributed by atoms with van der Waals surface area (Å²) in [7, 11) is 1.65. The van der Waals surface area contributed by atoms with E-state index < -0.39 is 5.82 Å². The molecule has 0 saturated carbocycles. The van der Waals surface area contributed by atoms with E-state index in [0.29, 0.717) is 11.5 Å². The minimum Gasteiger partial charge on any atom is -0.371 e. The van der Waals surface area contributed by atoms with Crippen LogP contribution in [-0.4, -0.2) is 22.8 Å². The fraction of sp³-hybridized carbons (Fsp3) is 0.286. The molecule has 1 heterocycles. The van der Waals surface area contributed by atoms with Crippen LogP contribution in [0.5, 0.6) is 0 Å². The quantitative estimate of drug-likeness (QED) is 0.864. The van der Waals surface area contributed by atoms with E-state index in [1.54, 1.807) is 25.7 Å². The predicted molar refractivity (Wildman–Crippen MR) is 78.1 cm³/mol. The lowest BCUT2D eigenvalue weighted by atomic mass is 10.2. The average Bonchev–Trinajstić information content (AvgIpc) is 2.43. The highest BCUT2D eigenvalue weighted by Crippen LogP contribution is 2.24. The Morgan fingerprint density at radius 3 is 2.47 bits per heavy atom. The molecule has 0 spiro atoms. The maximum absolute atomic E-state index is 13.7. The Balaban J connectivity index is 2.38. The van der Waals surface area contributed by atoms with Crippen molar-refractivity contribution >= 4 is 17.6 Å². The van der Waals surface area contributed by atoms with E-state index in [2.05, 4.69) is 22.2 Å². The van der Waals surface area contributed by atoms with Crippen LogP contribution in [0.4, 0.5) is 10.2 Å². The summed E-state index contributed by atoms with van der Waals surface area (Å²) in [6.07, 6.45) is 0. The predicted octanol–water partition coefficient (Wildman–Crippen LogP) is 3.74. The molecular weight excluding hydrogens is 261 g/mol. The van der Waals surface area contributed by atoms with Gasteiger partial charge in [0.15, 0.2) is 17.5 Å². The highest BCUT2D eigenvalue weighted by Gasteiger charge is 2.11. The monoisotopic (exact) mass is 277 g/mol. The van der Waals surface area contributed by atoms with E-state index in [0.717, 1.165) is 11.3 Å². The third kappa shape index (κ3) is 3.04. The second-order valence-electron chi connectivity index (χ2n) is 4.00. The Morgan fingerprint density at radius 2 is 1.89 bits per heavy atom. The molecule has 1 N–H and O–H groups in total. The van der Waals surface area contributed by atoms with Gasteiger partial charge < -0.3 is 5.32 Å². The SMILES string of the molecule is CCSc1ccc(-c2nc(C)c(F)c(NC)n2)cc1. The van der Waals surface area contributed by atoms with Gasteiger partial charge in [-0.25, -0.2) is 14.4 Å². The molecule has 0 aliphatic carbocycles. The number of halogens is 1. The molecule has 100 valence electrons. The van der Waals surface area contributed by atoms with Crippen molar-refractivity contribution in [1.82, 2.24) is 9.97 Å². The van der Waals surface area contributed by atoms with Crippen molar-refractivity contribution in [3.8, 4) is 11.4 Å². The summed E-state index contributed by atoms with van der Waals surface area (Å²) in [5.74, 6) is 1.41. The lowest BCUT2D eigenvalue weighted by Crippen LogP contribution is -2.03. The molecule has 1 aromatic heterocycles. The van der Waals surface area contributed by atoms with Gasteiger partial charge in [-0.2, -0.15) is 0 Å². The summed E-state index contributed by atoms with van der Waals surface area (Å²) in [4.78, 5) is 9.60. The molecule has 5 heteroatoms. The van der Waals surface area contributed by atoms with Crippen molar-refractivity contribution in [2.24, 2.45) is 0 Å². The zero-order valence-corrected chi connectivity index (χ0v) is 12.0. The van der Waals surface area contributed by atoms with E-state index in [-0.39, 0.29) is 5.82 Å². The second-order valence-corrected chi connectivity index (χ2v) is 5.34. The van der Waals surface area contributed by atoms with Gasteiger partial charge in [-0.05, 0) is 24.8 Å². The fourth-order valence-corrected chi connectivity index (χ4v) is 2.38. The van der Waals surface area contributed by atoms with E-state index in [9.17, 15) is 4.39 Å². The van der Waals surface area contributed by atoms with Gasteiger partial charge in [0, 0.05) is 17.5 Å². The normalized spacial score (nSPS) is 10.5. The standard InChI is InChI=1S/C14H16FN3S/c1-4-19-11-7-5-10(6-8-11)13-17-9(2)12(15)14(16-3)18-13/h5-8H,4H2,1-3H3,(H,16,17,18). The molecule has 0 bridgehead atoms. The molecule has 0 fully saturated rings. The molecule has 0 atom stereocenters. The Morgan fingerprint density at radius 1 is 1.21 bits per heavy atom. The van der Waals surface area contributed by atoms with E-state index in [1.807, 2.05) is 24.3 Å². The Bertz CT molecular complexity index is 570. The number of aryl methyl sites for hydroxylation is 1. The van der Waals surface area contributed by atoms with E-state index in [1.165, 1.54) is 4.90 Å². The molecule has 0 amide bonds. The van der Waals surface area contributed by atoms with Gasteiger partial charge in [0.2, 0.25) is 0 Å². The minimum absolute atomic E-state index is 0.231. The smallest absolute Gasteiger partial charge is 0.186 e. The summed E-state index contributed by atoms with van der Waals surface area (Å²) in [5, 5.41) is 2.75. The van der Waals surface area contributed by atoms with E-state index >= 15 is 0 Å². The number of hydrogen-bond acceptors (Lipinski definition) is 4. The number of aromatic nitrogens is 2. The van der Waals surface area contributed by atoms with Crippen LogP contribution >= 0.6 is 11.8 Å². The van der Waals surface area contributed by atoms with E-state index in [4.69, 9.17) is 0 Å². The summed E-state index contributed by atoms with van der Waals surface area (Å²) in [6, 6.07) is 7.99. The van der Waals surface area contributed by atoms with Crippen molar-refractivity contribution in [2.75, 3.05) is 18.1 Å². The van der Waals surface area contributed by atoms with Crippen LogP contribution in [0.3, 0.4) is 0 Å². The zero-order valence-electron chi connectivity index (χ0n) is 11.2. The Hall–Kier alpha value is -1.62. The first-order valence-electron chi connectivity index (χ1n) is 6.10. The molecule has 0 saturated heterocycles. The maximum Gasteiger partial charge on any atom is 0.186 e. The summed E-state index contributed by atoms with van der Waals surface area (Å²) >= 11 is 1.78. The average molecular weight is 277 g/mol. The number of rotatable bonds is 4. The first-order chi connectivity index (χ1) is 9.15. The molecular formula is C14H16FN3S. The summed E-state index contributed by atoms with van der Waals surface area (Å²) in [6.45, 7) is 3.76. The molecule has 3 nitrogen and oxygen atoms in total. The number of nitrogens with one attached hydrogen (secondary N) is 1. The summed E-state index contributed by atoms with van der Waals surface area (Å²) in [5.41, 5.74) is 1.24. The molecule has 2 aromatic rings. The number of hydrogen-bond donors (Lipinski definition) is 1. The molecule has 1 aromatic carbocycles. The Kier molecular flexibility index (Phi) is 4.37.